The molecule has 1 unspecified atom stereocenters. The van der Waals surface area contributed by atoms with Gasteiger partial charge in [-0.3, -0.25) is 9.36 Å². The standard InChI is InChI=1S/C33H35ClF4N4O7SSi/c1-50(45,41-31(44)33(36,37)38)20-9-10-21(23(35)13-20)18-5-7-19(8-6-18)27-22(34)14-24-30(40-27)42(17-46-11-12-51(2,3)4)32(39-24)49-26-16-48-28-25(43)15-47-29(26)28/h5-10,13-14,25-26,28-29,43H,11-12,15-17H2,1-4H3/t25-,26-,28-,29-,50?/m1/s1. The number of rotatable bonds is 10. The molecule has 274 valence electrons. The van der Waals surface area contributed by atoms with Crippen LogP contribution in [0, 0.1) is 5.82 Å². The Morgan fingerprint density at radius 3 is 2.43 bits per heavy atom. The van der Waals surface area contributed by atoms with Crippen molar-refractivity contribution in [2.45, 2.75) is 67.9 Å². The molecule has 0 aliphatic carbocycles. The quantitative estimate of drug-likeness (QED) is 0.112. The molecule has 2 aliphatic rings. The van der Waals surface area contributed by atoms with E-state index in [2.05, 4.69) is 29.0 Å². The van der Waals surface area contributed by atoms with Crippen LogP contribution in [0.25, 0.3) is 33.5 Å². The van der Waals surface area contributed by atoms with Crippen molar-refractivity contribution in [1.29, 1.82) is 0 Å². The van der Waals surface area contributed by atoms with Gasteiger partial charge in [-0.25, -0.2) is 13.6 Å². The van der Waals surface area contributed by atoms with E-state index in [9.17, 15) is 27.3 Å². The number of aliphatic hydroxyl groups excluding tert-OH is 1. The summed E-state index contributed by atoms with van der Waals surface area (Å²) in [4.78, 5) is 20.4. The summed E-state index contributed by atoms with van der Waals surface area (Å²) in [6.07, 6.45) is -6.70. The fourth-order valence-electron chi connectivity index (χ4n) is 5.66. The van der Waals surface area contributed by atoms with Crippen molar-refractivity contribution in [2.75, 3.05) is 26.1 Å². The van der Waals surface area contributed by atoms with Crippen LogP contribution < -0.4 is 4.74 Å². The van der Waals surface area contributed by atoms with Crippen LogP contribution in [0.5, 0.6) is 6.01 Å². The molecule has 0 spiro atoms. The third kappa shape index (κ3) is 8.14. The molecular weight excluding hydrogens is 736 g/mol. The van der Waals surface area contributed by atoms with E-state index in [0.29, 0.717) is 34.6 Å². The van der Waals surface area contributed by atoms with Crippen LogP contribution in [0.4, 0.5) is 17.6 Å². The second-order valence-electron chi connectivity index (χ2n) is 13.6. The van der Waals surface area contributed by atoms with Crippen molar-refractivity contribution in [3.8, 4) is 28.4 Å². The van der Waals surface area contributed by atoms with Crippen molar-refractivity contribution in [3.05, 3.63) is 59.4 Å². The lowest BCUT2D eigenvalue weighted by molar-refractivity contribution is -0.169. The van der Waals surface area contributed by atoms with Gasteiger partial charge in [0.25, 0.3) is 0 Å². The van der Waals surface area contributed by atoms with Gasteiger partial charge in [0.15, 0.2) is 11.8 Å². The lowest BCUT2D eigenvalue weighted by atomic mass is 10.0. The number of alkyl halides is 3. The van der Waals surface area contributed by atoms with Gasteiger partial charge in [0.2, 0.25) is 0 Å². The van der Waals surface area contributed by atoms with Crippen LogP contribution in [-0.2, 0) is 35.5 Å². The summed E-state index contributed by atoms with van der Waals surface area (Å²) >= 11 is 6.70. The topological polar surface area (TPSA) is 134 Å². The van der Waals surface area contributed by atoms with Crippen LogP contribution in [0.2, 0.25) is 30.7 Å². The number of pyridine rings is 1. The highest BCUT2D eigenvalue weighted by Crippen LogP contribution is 2.35. The fraction of sp³-hybridized carbons (Fsp3) is 0.424. The van der Waals surface area contributed by atoms with Crippen LogP contribution in [0.3, 0.4) is 0 Å². The summed E-state index contributed by atoms with van der Waals surface area (Å²) in [6.45, 7) is 7.71. The van der Waals surface area contributed by atoms with Crippen molar-refractivity contribution < 1.29 is 50.6 Å². The number of nitrogens with zero attached hydrogens (tertiary/aromatic N) is 4. The highest BCUT2D eigenvalue weighted by molar-refractivity contribution is 7.93. The first-order valence-electron chi connectivity index (χ1n) is 15.9. The largest absolute Gasteiger partial charge is 0.474 e. The number of carbonyl (C=O) groups excluding carboxylic acids is 1. The first-order valence-corrected chi connectivity index (χ1v) is 21.9. The number of carbonyl (C=O) groups is 1. The molecule has 2 aromatic heterocycles. The van der Waals surface area contributed by atoms with E-state index in [0.717, 1.165) is 18.4 Å². The third-order valence-corrected chi connectivity index (χ3v) is 12.1. The lowest BCUT2D eigenvalue weighted by Crippen LogP contribution is -2.35. The minimum absolute atomic E-state index is 0.0735. The smallest absolute Gasteiger partial charge is 0.456 e. The van der Waals surface area contributed by atoms with Gasteiger partial charge in [0.1, 0.15) is 36.4 Å². The molecule has 51 heavy (non-hydrogen) atoms. The minimum Gasteiger partial charge on any atom is -0.456 e. The first-order chi connectivity index (χ1) is 23.9. The van der Waals surface area contributed by atoms with E-state index < -0.39 is 60.1 Å². The summed E-state index contributed by atoms with van der Waals surface area (Å²) in [7, 11) is -5.24. The molecular formula is C33H35ClF4N4O7SSi. The number of ether oxygens (including phenoxy) is 4. The van der Waals surface area contributed by atoms with Gasteiger partial charge in [0.05, 0.1) is 38.6 Å². The van der Waals surface area contributed by atoms with E-state index in [1.807, 2.05) is 0 Å². The number of benzene rings is 2. The number of hydrogen-bond acceptors (Lipinski definition) is 9. The molecule has 0 saturated carbocycles. The van der Waals surface area contributed by atoms with Crippen LogP contribution in [-0.4, -0.2) is 94.5 Å². The summed E-state index contributed by atoms with van der Waals surface area (Å²) in [5, 5.41) is 10.5. The number of imidazole rings is 1. The summed E-state index contributed by atoms with van der Waals surface area (Å²) in [5.41, 5.74) is 2.34. The molecule has 2 saturated heterocycles. The first kappa shape index (κ1) is 37.3. The molecule has 2 fully saturated rings. The van der Waals surface area contributed by atoms with E-state index in [-0.39, 0.29) is 41.4 Å². The van der Waals surface area contributed by atoms with Crippen LogP contribution in [0.1, 0.15) is 0 Å². The Morgan fingerprint density at radius 2 is 1.76 bits per heavy atom. The van der Waals surface area contributed by atoms with Gasteiger partial charge in [-0.05, 0) is 29.8 Å². The molecule has 5 atom stereocenters. The number of halogens is 5. The van der Waals surface area contributed by atoms with Gasteiger partial charge >= 0.3 is 18.1 Å². The summed E-state index contributed by atoms with van der Waals surface area (Å²) in [5.74, 6) is -3.38. The summed E-state index contributed by atoms with van der Waals surface area (Å²) in [6, 6.07) is 12.6. The predicted molar refractivity (Wildman–Crippen MR) is 183 cm³/mol. The Hall–Kier alpha value is -3.45. The number of hydrogen-bond donors (Lipinski definition) is 1. The Labute approximate surface area is 297 Å². The van der Waals surface area contributed by atoms with Gasteiger partial charge in [-0.15, -0.1) is 4.36 Å². The van der Waals surface area contributed by atoms with Gasteiger partial charge in [0, 0.05) is 32.1 Å². The maximum Gasteiger partial charge on any atom is 0.474 e. The van der Waals surface area contributed by atoms with E-state index in [4.69, 9.17) is 35.5 Å². The zero-order valence-electron chi connectivity index (χ0n) is 27.9. The number of aromatic nitrogens is 3. The lowest BCUT2D eigenvalue weighted by Gasteiger charge is -2.19. The molecule has 1 N–H and O–H groups in total. The third-order valence-electron chi connectivity index (χ3n) is 8.44. The van der Waals surface area contributed by atoms with Crippen LogP contribution in [0.15, 0.2) is 57.8 Å². The zero-order valence-corrected chi connectivity index (χ0v) is 30.5. The van der Waals surface area contributed by atoms with Crippen molar-refractivity contribution in [3.63, 3.8) is 0 Å². The normalized spacial score (nSPS) is 21.8. The average molecular weight is 771 g/mol. The SMILES string of the molecule is C[Si](C)(C)CCOCn1c(O[C@@H]2CO[C@H]3[C@@H]2OC[C@H]3O)nc2cc(Cl)c(-c3ccc(-c4ccc(S(C)(=O)=NC(=O)C(F)(F)F)cc4F)cc3)nc21. The number of fused-ring (bicyclic) bond motifs is 2. The molecule has 18 heteroatoms. The molecule has 4 heterocycles. The summed E-state index contributed by atoms with van der Waals surface area (Å²) < 4.78 is 94.2. The molecule has 0 radical (unpaired) electrons. The molecule has 4 aromatic rings. The molecule has 2 aromatic carbocycles. The second-order valence-corrected chi connectivity index (χ2v) is 21.9. The molecule has 6 rings (SSSR count). The minimum atomic E-state index is -5.30. The Kier molecular flexibility index (Phi) is 10.4. The maximum atomic E-state index is 15.2. The van der Waals surface area contributed by atoms with Gasteiger partial charge in [-0.2, -0.15) is 18.2 Å². The Bertz CT molecular complexity index is 2080. The van der Waals surface area contributed by atoms with Gasteiger partial charge < -0.3 is 24.1 Å². The fourth-order valence-corrected chi connectivity index (χ4v) is 7.84. The second kappa shape index (κ2) is 14.2. The number of aliphatic hydroxyl groups is 1. The molecule has 0 bridgehead atoms. The Morgan fingerprint density at radius 1 is 1.08 bits per heavy atom. The highest BCUT2D eigenvalue weighted by atomic mass is 35.5. The molecule has 2 aliphatic heterocycles. The van der Waals surface area contributed by atoms with Gasteiger partial charge in [-0.1, -0.05) is 61.6 Å². The highest BCUT2D eigenvalue weighted by Gasteiger charge is 2.49. The number of amides is 1. The van der Waals surface area contributed by atoms with Crippen molar-refractivity contribution in [1.82, 2.24) is 14.5 Å². The predicted octanol–water partition coefficient (Wildman–Crippen LogP) is 6.32. The van der Waals surface area contributed by atoms with Crippen LogP contribution >= 0.6 is 11.6 Å². The van der Waals surface area contributed by atoms with Crippen molar-refractivity contribution >= 4 is 46.5 Å². The van der Waals surface area contributed by atoms with E-state index in [1.54, 1.807) is 34.9 Å². The Balaban J connectivity index is 1.29. The molecule has 1 amide bonds. The maximum absolute atomic E-state index is 15.2. The van der Waals surface area contributed by atoms with E-state index in [1.165, 1.54) is 12.1 Å². The van der Waals surface area contributed by atoms with E-state index >= 15 is 4.39 Å². The monoisotopic (exact) mass is 770 g/mol. The van der Waals surface area contributed by atoms with Crippen molar-refractivity contribution in [2.24, 2.45) is 4.36 Å². The average Bonchev–Trinajstić information content (AvgIpc) is 3.72. The molecule has 11 nitrogen and oxygen atoms in total. The zero-order chi connectivity index (χ0) is 36.9.